The molecule has 1 amide bonds. The highest BCUT2D eigenvalue weighted by Gasteiger charge is 2.22. The van der Waals surface area contributed by atoms with Crippen molar-refractivity contribution >= 4 is 17.7 Å². The summed E-state index contributed by atoms with van der Waals surface area (Å²) in [6, 6.07) is 13.6. The van der Waals surface area contributed by atoms with E-state index in [0.29, 0.717) is 0 Å². The van der Waals surface area contributed by atoms with Crippen LogP contribution < -0.4 is 5.32 Å². The number of hydrogen-bond acceptors (Lipinski definition) is 4. The Bertz CT molecular complexity index is 699. The zero-order valence-electron chi connectivity index (χ0n) is 12.5. The molecule has 2 rings (SSSR count). The number of benzene rings is 2. The Hall–Kier alpha value is -3.02. The van der Waals surface area contributed by atoms with Crippen LogP contribution in [0.2, 0.25) is 0 Å². The molecule has 0 fully saturated rings. The lowest BCUT2D eigenvalue weighted by molar-refractivity contribution is -0.138. The molecule has 1 unspecified atom stereocenters. The summed E-state index contributed by atoms with van der Waals surface area (Å²) in [6.45, 7) is 1.52. The van der Waals surface area contributed by atoms with Gasteiger partial charge < -0.3 is 14.9 Å². The van der Waals surface area contributed by atoms with Crippen molar-refractivity contribution in [2.75, 3.05) is 5.32 Å². The number of anilines is 1. The summed E-state index contributed by atoms with van der Waals surface area (Å²) in [5.74, 6) is -2.27. The summed E-state index contributed by atoms with van der Waals surface area (Å²) in [5.41, 5.74) is 1.17. The average molecular weight is 315 g/mol. The maximum absolute atomic E-state index is 11.9. The van der Waals surface area contributed by atoms with Gasteiger partial charge in [0.1, 0.15) is 12.4 Å². The van der Waals surface area contributed by atoms with Gasteiger partial charge in [-0.3, -0.25) is 10.1 Å². The van der Waals surface area contributed by atoms with Crippen molar-refractivity contribution in [1.82, 2.24) is 0 Å². The number of phenolic OH excluding ortho intramolecular Hbond substituents is 1. The largest absolute Gasteiger partial charge is 0.508 e. The first kappa shape index (κ1) is 16.4. The molecular weight excluding hydrogens is 298 g/mol. The smallest absolute Gasteiger partial charge is 0.411 e. The van der Waals surface area contributed by atoms with E-state index in [0.717, 1.165) is 5.56 Å². The van der Waals surface area contributed by atoms with Gasteiger partial charge in [-0.2, -0.15) is 0 Å². The van der Waals surface area contributed by atoms with Crippen LogP contribution in [-0.2, 0) is 16.1 Å². The fourth-order valence-electron chi connectivity index (χ4n) is 2.11. The minimum Gasteiger partial charge on any atom is -0.508 e. The van der Waals surface area contributed by atoms with Gasteiger partial charge >= 0.3 is 12.1 Å². The number of nitrogens with one attached hydrogen (secondary N) is 1. The van der Waals surface area contributed by atoms with E-state index in [9.17, 15) is 14.7 Å². The molecule has 0 aliphatic rings. The minimum atomic E-state index is -1.10. The number of ether oxygens (including phenoxy) is 1. The molecule has 0 aromatic heterocycles. The summed E-state index contributed by atoms with van der Waals surface area (Å²) in [7, 11) is 0. The van der Waals surface area contributed by atoms with Crippen molar-refractivity contribution in [2.24, 2.45) is 0 Å². The van der Waals surface area contributed by atoms with Gasteiger partial charge in [-0.25, -0.2) is 4.79 Å². The van der Waals surface area contributed by atoms with E-state index >= 15 is 0 Å². The van der Waals surface area contributed by atoms with Crippen LogP contribution in [0.1, 0.15) is 24.0 Å². The highest BCUT2D eigenvalue weighted by molar-refractivity contribution is 5.89. The standard InChI is InChI=1S/C17H17NO5/c1-11(16(20)21)15-13(8-5-9-14(15)19)18-17(22)23-10-12-6-3-2-4-7-12/h2-9,11,19H,10H2,1H3,(H,18,22)(H,20,21). The number of carbonyl (C=O) groups is 2. The van der Waals surface area contributed by atoms with Crippen LogP contribution in [0.3, 0.4) is 0 Å². The van der Waals surface area contributed by atoms with E-state index < -0.39 is 18.0 Å². The van der Waals surface area contributed by atoms with Gasteiger partial charge in [0.2, 0.25) is 0 Å². The zero-order valence-corrected chi connectivity index (χ0v) is 12.5. The third kappa shape index (κ3) is 4.23. The lowest BCUT2D eigenvalue weighted by Crippen LogP contribution is -2.17. The Kier molecular flexibility index (Phi) is 5.19. The van der Waals surface area contributed by atoms with Crippen LogP contribution in [0, 0.1) is 0 Å². The molecule has 3 N–H and O–H groups in total. The predicted molar refractivity (Wildman–Crippen MR) is 84.4 cm³/mol. The molecule has 23 heavy (non-hydrogen) atoms. The SMILES string of the molecule is CC(C(=O)O)c1c(O)cccc1NC(=O)OCc1ccccc1. The number of carbonyl (C=O) groups excluding carboxylic acids is 1. The number of amides is 1. The predicted octanol–water partition coefficient (Wildman–Crippen LogP) is 3.33. The number of carboxylic acids is 1. The molecule has 2 aromatic carbocycles. The van der Waals surface area contributed by atoms with Gasteiger partial charge in [0, 0.05) is 5.56 Å². The monoisotopic (exact) mass is 315 g/mol. The second kappa shape index (κ2) is 7.31. The first-order valence-electron chi connectivity index (χ1n) is 7.01. The quantitative estimate of drug-likeness (QED) is 0.786. The third-order valence-electron chi connectivity index (χ3n) is 3.34. The van der Waals surface area contributed by atoms with E-state index in [4.69, 9.17) is 9.84 Å². The molecular formula is C17H17NO5. The number of aromatic hydroxyl groups is 1. The summed E-state index contributed by atoms with van der Waals surface area (Å²) in [5, 5.41) is 21.5. The first-order valence-corrected chi connectivity index (χ1v) is 7.01. The molecule has 6 nitrogen and oxygen atoms in total. The first-order chi connectivity index (χ1) is 11.0. The Morgan fingerprint density at radius 1 is 1.13 bits per heavy atom. The lowest BCUT2D eigenvalue weighted by atomic mass is 9.98. The van der Waals surface area contributed by atoms with E-state index in [1.807, 2.05) is 30.3 Å². The second-order valence-corrected chi connectivity index (χ2v) is 4.99. The highest BCUT2D eigenvalue weighted by Crippen LogP contribution is 2.33. The summed E-state index contributed by atoms with van der Waals surface area (Å²) in [4.78, 5) is 23.0. The van der Waals surface area contributed by atoms with Crippen molar-refractivity contribution in [3.8, 4) is 5.75 Å². The summed E-state index contributed by atoms with van der Waals surface area (Å²) in [6.07, 6.45) is -0.724. The van der Waals surface area contributed by atoms with E-state index in [-0.39, 0.29) is 23.6 Å². The molecule has 2 aromatic rings. The number of rotatable bonds is 5. The number of hydrogen-bond donors (Lipinski definition) is 3. The molecule has 0 bridgehead atoms. The van der Waals surface area contributed by atoms with Crippen LogP contribution in [0.25, 0.3) is 0 Å². The molecule has 0 radical (unpaired) electrons. The summed E-state index contributed by atoms with van der Waals surface area (Å²) < 4.78 is 5.09. The van der Waals surface area contributed by atoms with Crippen molar-refractivity contribution in [1.29, 1.82) is 0 Å². The average Bonchev–Trinajstić information content (AvgIpc) is 2.53. The number of carboxylic acid groups (broad SMARTS) is 1. The Morgan fingerprint density at radius 3 is 2.48 bits per heavy atom. The molecule has 0 saturated heterocycles. The minimum absolute atomic E-state index is 0.0926. The van der Waals surface area contributed by atoms with Crippen LogP contribution in [-0.4, -0.2) is 22.3 Å². The van der Waals surface area contributed by atoms with Crippen molar-refractivity contribution < 1.29 is 24.5 Å². The molecule has 0 spiro atoms. The summed E-state index contributed by atoms with van der Waals surface area (Å²) >= 11 is 0. The van der Waals surface area contributed by atoms with Gasteiger partial charge in [0.15, 0.2) is 0 Å². The fraction of sp³-hybridized carbons (Fsp3) is 0.176. The van der Waals surface area contributed by atoms with Crippen LogP contribution in [0.4, 0.5) is 10.5 Å². The maximum Gasteiger partial charge on any atom is 0.411 e. The van der Waals surface area contributed by atoms with Crippen LogP contribution in [0.15, 0.2) is 48.5 Å². The highest BCUT2D eigenvalue weighted by atomic mass is 16.5. The Labute approximate surface area is 133 Å². The normalized spacial score (nSPS) is 11.5. The van der Waals surface area contributed by atoms with Gasteiger partial charge in [0.05, 0.1) is 11.6 Å². The Balaban J connectivity index is 2.09. The van der Waals surface area contributed by atoms with E-state index in [1.165, 1.54) is 25.1 Å². The fourth-order valence-corrected chi connectivity index (χ4v) is 2.11. The zero-order chi connectivity index (χ0) is 16.8. The molecule has 0 heterocycles. The lowest BCUT2D eigenvalue weighted by Gasteiger charge is -2.15. The van der Waals surface area contributed by atoms with E-state index in [1.54, 1.807) is 0 Å². The van der Waals surface area contributed by atoms with Crippen molar-refractivity contribution in [3.05, 3.63) is 59.7 Å². The Morgan fingerprint density at radius 2 is 1.83 bits per heavy atom. The van der Waals surface area contributed by atoms with Crippen LogP contribution in [0.5, 0.6) is 5.75 Å². The number of aliphatic carboxylic acids is 1. The molecule has 120 valence electrons. The molecule has 6 heteroatoms. The van der Waals surface area contributed by atoms with Crippen molar-refractivity contribution in [2.45, 2.75) is 19.4 Å². The maximum atomic E-state index is 11.9. The molecule has 0 saturated carbocycles. The topological polar surface area (TPSA) is 95.9 Å². The van der Waals surface area contributed by atoms with Gasteiger partial charge in [-0.1, -0.05) is 36.4 Å². The van der Waals surface area contributed by atoms with Crippen molar-refractivity contribution in [3.63, 3.8) is 0 Å². The third-order valence-corrected chi connectivity index (χ3v) is 3.34. The molecule has 1 atom stereocenters. The molecule has 0 aliphatic carbocycles. The molecule has 0 aliphatic heterocycles. The van der Waals surface area contributed by atoms with Gasteiger partial charge in [-0.05, 0) is 24.6 Å². The van der Waals surface area contributed by atoms with Crippen LogP contribution >= 0.6 is 0 Å². The van der Waals surface area contributed by atoms with E-state index in [2.05, 4.69) is 5.32 Å². The van der Waals surface area contributed by atoms with Gasteiger partial charge in [0.25, 0.3) is 0 Å². The number of phenols is 1. The van der Waals surface area contributed by atoms with Gasteiger partial charge in [-0.15, -0.1) is 0 Å². The second-order valence-electron chi connectivity index (χ2n) is 4.99.